The molecule has 1 aliphatic rings. The topological polar surface area (TPSA) is 65.4 Å². The van der Waals surface area contributed by atoms with E-state index in [1.54, 1.807) is 23.5 Å². The van der Waals surface area contributed by atoms with E-state index in [1.165, 1.54) is 12.1 Å². The molecule has 4 nitrogen and oxygen atoms in total. The van der Waals surface area contributed by atoms with Crippen molar-refractivity contribution >= 4 is 16.5 Å². The molecule has 3 aromatic carbocycles. The van der Waals surface area contributed by atoms with Gasteiger partial charge in [-0.1, -0.05) is 78.1 Å². The number of thiazole rings is 1. The summed E-state index contributed by atoms with van der Waals surface area (Å²) in [6.07, 6.45) is 0.425. The SMILES string of the molecule is OC(O)C1CC(CNc2nc(-c3ccc(-c4ccc(F)cc4)cc3)c(-c3ccccc3)s2)C1. The zero-order valence-electron chi connectivity index (χ0n) is 18.0. The number of halogens is 1. The van der Waals surface area contributed by atoms with Crippen LogP contribution in [0.25, 0.3) is 32.8 Å². The highest BCUT2D eigenvalue weighted by Gasteiger charge is 2.33. The highest BCUT2D eigenvalue weighted by atomic mass is 32.1. The van der Waals surface area contributed by atoms with Crippen molar-refractivity contribution in [2.45, 2.75) is 19.1 Å². The molecule has 6 heteroatoms. The number of hydrogen-bond donors (Lipinski definition) is 3. The van der Waals surface area contributed by atoms with Gasteiger partial charge in [-0.15, -0.1) is 0 Å². The second kappa shape index (κ2) is 9.43. The minimum absolute atomic E-state index is 0.0110. The molecule has 5 rings (SSSR count). The Morgan fingerprint density at radius 1 is 0.848 bits per heavy atom. The molecule has 1 fully saturated rings. The number of anilines is 1. The van der Waals surface area contributed by atoms with Crippen molar-refractivity contribution in [3.05, 3.63) is 84.7 Å². The van der Waals surface area contributed by atoms with Crippen LogP contribution < -0.4 is 5.32 Å². The number of hydrogen-bond acceptors (Lipinski definition) is 5. The second-order valence-electron chi connectivity index (χ2n) is 8.54. The van der Waals surface area contributed by atoms with Crippen LogP contribution in [-0.2, 0) is 0 Å². The molecule has 0 saturated heterocycles. The second-order valence-corrected chi connectivity index (χ2v) is 9.54. The normalized spacial score (nSPS) is 17.7. The number of nitrogens with zero attached hydrogens (tertiary/aromatic N) is 1. The average molecular weight is 461 g/mol. The molecule has 1 saturated carbocycles. The quantitative estimate of drug-likeness (QED) is 0.295. The van der Waals surface area contributed by atoms with Crippen molar-refractivity contribution in [2.75, 3.05) is 11.9 Å². The summed E-state index contributed by atoms with van der Waals surface area (Å²) in [5.74, 6) is 0.179. The van der Waals surface area contributed by atoms with E-state index in [2.05, 4.69) is 29.6 Å². The molecule has 1 aromatic heterocycles. The molecule has 3 N–H and O–H groups in total. The van der Waals surface area contributed by atoms with Crippen LogP contribution in [0.3, 0.4) is 0 Å². The Morgan fingerprint density at radius 3 is 2.09 bits per heavy atom. The lowest BCUT2D eigenvalue weighted by molar-refractivity contribution is -0.118. The molecule has 1 aliphatic carbocycles. The van der Waals surface area contributed by atoms with Gasteiger partial charge in [-0.05, 0) is 47.6 Å². The monoisotopic (exact) mass is 460 g/mol. The zero-order chi connectivity index (χ0) is 22.8. The van der Waals surface area contributed by atoms with Crippen molar-refractivity contribution in [3.63, 3.8) is 0 Å². The summed E-state index contributed by atoms with van der Waals surface area (Å²) in [6, 6.07) is 24.9. The van der Waals surface area contributed by atoms with Crippen molar-refractivity contribution < 1.29 is 14.6 Å². The summed E-state index contributed by atoms with van der Waals surface area (Å²) in [5.41, 5.74) is 5.07. The Balaban J connectivity index is 1.39. The van der Waals surface area contributed by atoms with Crippen LogP contribution in [0.15, 0.2) is 78.9 Å². The molecule has 0 unspecified atom stereocenters. The average Bonchev–Trinajstić information content (AvgIpc) is 3.23. The fourth-order valence-corrected chi connectivity index (χ4v) is 5.27. The largest absolute Gasteiger partial charge is 0.368 e. The van der Waals surface area contributed by atoms with Gasteiger partial charge in [0.15, 0.2) is 11.4 Å². The third kappa shape index (κ3) is 4.83. The summed E-state index contributed by atoms with van der Waals surface area (Å²) in [6.45, 7) is 0.772. The number of benzene rings is 3. The Morgan fingerprint density at radius 2 is 1.45 bits per heavy atom. The van der Waals surface area contributed by atoms with Crippen molar-refractivity contribution in [1.82, 2.24) is 4.98 Å². The summed E-state index contributed by atoms with van der Waals surface area (Å²) in [4.78, 5) is 6.02. The smallest absolute Gasteiger partial charge is 0.183 e. The van der Waals surface area contributed by atoms with Gasteiger partial charge >= 0.3 is 0 Å². The molecular weight excluding hydrogens is 435 g/mol. The number of rotatable bonds is 7. The van der Waals surface area contributed by atoms with Gasteiger partial charge in [0, 0.05) is 18.0 Å². The van der Waals surface area contributed by atoms with Gasteiger partial charge in [0.25, 0.3) is 0 Å². The summed E-state index contributed by atoms with van der Waals surface area (Å²) < 4.78 is 13.3. The molecule has 0 atom stereocenters. The Labute approximate surface area is 196 Å². The molecule has 33 heavy (non-hydrogen) atoms. The predicted molar refractivity (Wildman–Crippen MR) is 131 cm³/mol. The van der Waals surface area contributed by atoms with Gasteiger partial charge in [-0.3, -0.25) is 0 Å². The van der Waals surface area contributed by atoms with E-state index in [0.29, 0.717) is 5.92 Å². The lowest BCUT2D eigenvalue weighted by Crippen LogP contribution is -2.36. The lowest BCUT2D eigenvalue weighted by atomic mass is 9.74. The standard InChI is InChI=1S/C27H25FN2O2S/c28-23-12-10-19(11-13-23)18-6-8-20(9-7-18)24-25(21-4-2-1-3-5-21)33-27(30-24)29-16-17-14-22(15-17)26(31)32/h1-13,17,22,26,31-32H,14-16H2,(H,29,30). The maximum atomic E-state index is 13.3. The van der Waals surface area contributed by atoms with Crippen LogP contribution >= 0.6 is 11.3 Å². The van der Waals surface area contributed by atoms with Gasteiger partial charge in [0.05, 0.1) is 10.6 Å². The third-order valence-electron chi connectivity index (χ3n) is 6.23. The summed E-state index contributed by atoms with van der Waals surface area (Å²) in [5, 5.41) is 22.9. The minimum atomic E-state index is -1.21. The van der Waals surface area contributed by atoms with Gasteiger partial charge < -0.3 is 15.5 Å². The maximum Gasteiger partial charge on any atom is 0.183 e. The molecule has 1 heterocycles. The first-order chi connectivity index (χ1) is 16.1. The number of nitrogens with one attached hydrogen (secondary N) is 1. The van der Waals surface area contributed by atoms with E-state index >= 15 is 0 Å². The Bertz CT molecular complexity index is 1200. The van der Waals surface area contributed by atoms with E-state index in [9.17, 15) is 14.6 Å². The number of aliphatic hydroxyl groups excluding tert-OH is 1. The summed E-state index contributed by atoms with van der Waals surface area (Å²) in [7, 11) is 0. The number of aliphatic hydroxyl groups is 2. The first kappa shape index (κ1) is 21.8. The molecule has 0 amide bonds. The zero-order valence-corrected chi connectivity index (χ0v) is 18.8. The molecule has 0 radical (unpaired) electrons. The molecule has 0 bridgehead atoms. The molecule has 168 valence electrons. The van der Waals surface area contributed by atoms with Crippen molar-refractivity contribution in [3.8, 4) is 32.8 Å². The van der Waals surface area contributed by atoms with Gasteiger partial charge in [0.2, 0.25) is 0 Å². The number of aromatic nitrogens is 1. The third-order valence-corrected chi connectivity index (χ3v) is 7.30. The van der Waals surface area contributed by atoms with E-state index in [-0.39, 0.29) is 11.7 Å². The lowest BCUT2D eigenvalue weighted by Gasteiger charge is -2.36. The van der Waals surface area contributed by atoms with Crippen LogP contribution in [0.5, 0.6) is 0 Å². The maximum absolute atomic E-state index is 13.3. The highest BCUT2D eigenvalue weighted by Crippen LogP contribution is 2.41. The first-order valence-electron chi connectivity index (χ1n) is 11.1. The molecule has 0 spiro atoms. The predicted octanol–water partition coefficient (Wildman–Crippen LogP) is 6.03. The summed E-state index contributed by atoms with van der Waals surface area (Å²) >= 11 is 1.63. The van der Waals surface area contributed by atoms with E-state index in [0.717, 1.165) is 57.3 Å². The fraction of sp³-hybridized carbons (Fsp3) is 0.222. The first-order valence-corrected chi connectivity index (χ1v) is 11.9. The van der Waals surface area contributed by atoms with Gasteiger partial charge in [0.1, 0.15) is 5.82 Å². The Kier molecular flexibility index (Phi) is 6.22. The Hall–Kier alpha value is -3.06. The highest BCUT2D eigenvalue weighted by molar-refractivity contribution is 7.19. The van der Waals surface area contributed by atoms with E-state index < -0.39 is 6.29 Å². The van der Waals surface area contributed by atoms with Crippen LogP contribution in [0.1, 0.15) is 12.8 Å². The molecule has 4 aromatic rings. The van der Waals surface area contributed by atoms with Crippen LogP contribution in [0.4, 0.5) is 9.52 Å². The van der Waals surface area contributed by atoms with Crippen LogP contribution in [0.2, 0.25) is 0 Å². The fourth-order valence-electron chi connectivity index (χ4n) is 4.27. The molecule has 0 aliphatic heterocycles. The van der Waals surface area contributed by atoms with Crippen LogP contribution in [0, 0.1) is 17.7 Å². The van der Waals surface area contributed by atoms with Crippen molar-refractivity contribution in [1.29, 1.82) is 0 Å². The van der Waals surface area contributed by atoms with Gasteiger partial charge in [-0.2, -0.15) is 0 Å². The van der Waals surface area contributed by atoms with E-state index in [1.807, 2.05) is 30.3 Å². The van der Waals surface area contributed by atoms with Crippen LogP contribution in [-0.4, -0.2) is 28.0 Å². The van der Waals surface area contributed by atoms with Crippen molar-refractivity contribution in [2.24, 2.45) is 11.8 Å². The molecular formula is C27H25FN2O2S. The minimum Gasteiger partial charge on any atom is -0.368 e. The van der Waals surface area contributed by atoms with E-state index in [4.69, 9.17) is 4.98 Å². The van der Waals surface area contributed by atoms with Gasteiger partial charge in [-0.25, -0.2) is 9.37 Å².